The van der Waals surface area contributed by atoms with Crippen LogP contribution < -0.4 is 5.32 Å². The van der Waals surface area contributed by atoms with Gasteiger partial charge in [-0.3, -0.25) is 9.59 Å². The van der Waals surface area contributed by atoms with Crippen molar-refractivity contribution in [2.75, 3.05) is 37.7 Å². The van der Waals surface area contributed by atoms with Crippen molar-refractivity contribution >= 4 is 27.7 Å². The molecule has 3 rings (SSSR count). The van der Waals surface area contributed by atoms with Crippen LogP contribution in [-0.2, 0) is 30.7 Å². The second-order valence-electron chi connectivity index (χ2n) is 9.10. The second-order valence-corrected chi connectivity index (χ2v) is 11.3. The van der Waals surface area contributed by atoms with Gasteiger partial charge in [0.2, 0.25) is 0 Å². The van der Waals surface area contributed by atoms with Crippen LogP contribution in [0.5, 0.6) is 0 Å². The lowest BCUT2D eigenvalue weighted by Gasteiger charge is -2.32. The Morgan fingerprint density at radius 2 is 1.97 bits per heavy atom. The number of piperidine rings is 1. The molecule has 0 saturated carbocycles. The first-order valence-electron chi connectivity index (χ1n) is 11.4. The lowest BCUT2D eigenvalue weighted by atomic mass is 9.97. The van der Waals surface area contributed by atoms with Crippen LogP contribution >= 0.6 is 0 Å². The highest BCUT2D eigenvalue weighted by atomic mass is 32.2. The molecule has 0 unspecified atom stereocenters. The van der Waals surface area contributed by atoms with E-state index in [1.165, 1.54) is 0 Å². The van der Waals surface area contributed by atoms with Gasteiger partial charge in [-0.25, -0.2) is 13.2 Å². The van der Waals surface area contributed by atoms with E-state index in [-0.39, 0.29) is 41.3 Å². The summed E-state index contributed by atoms with van der Waals surface area (Å²) >= 11 is 0. The Morgan fingerprint density at radius 3 is 2.55 bits per heavy atom. The Balaban J connectivity index is 1.43. The van der Waals surface area contributed by atoms with Gasteiger partial charge in [-0.2, -0.15) is 0 Å². The number of ether oxygens (including phenoxy) is 1. The number of amides is 3. The standard InChI is InChI=1S/C22H33N3O7S/c1-16(2)13-25(18-7-11-33(29,30)15-18)20(26)14-32-21(27)17-5-8-24(9-6-17)22(28)23-12-19-4-3-10-31-19/h3-4,10,16-18H,5-9,11-15H2,1-2H3,(H,23,28)/t18-/m0/s1. The molecule has 1 atom stereocenters. The van der Waals surface area contributed by atoms with Crippen molar-refractivity contribution in [3.05, 3.63) is 24.2 Å². The van der Waals surface area contributed by atoms with Crippen LogP contribution in [0.15, 0.2) is 22.8 Å². The van der Waals surface area contributed by atoms with E-state index in [0.717, 1.165) is 0 Å². The van der Waals surface area contributed by atoms with Crippen molar-refractivity contribution in [3.63, 3.8) is 0 Å². The van der Waals surface area contributed by atoms with Gasteiger partial charge < -0.3 is 24.3 Å². The Kier molecular flexibility index (Phi) is 8.39. The molecule has 33 heavy (non-hydrogen) atoms. The average Bonchev–Trinajstić information content (AvgIpc) is 3.43. The van der Waals surface area contributed by atoms with Gasteiger partial charge in [0.1, 0.15) is 5.76 Å². The normalized spacial score (nSPS) is 20.6. The number of carbonyl (C=O) groups is 3. The Bertz CT molecular complexity index is 922. The monoisotopic (exact) mass is 483 g/mol. The lowest BCUT2D eigenvalue weighted by Crippen LogP contribution is -2.46. The molecule has 0 aliphatic carbocycles. The smallest absolute Gasteiger partial charge is 0.317 e. The van der Waals surface area contributed by atoms with Crippen LogP contribution in [0.25, 0.3) is 0 Å². The molecule has 3 amide bonds. The van der Waals surface area contributed by atoms with Gasteiger partial charge in [0.25, 0.3) is 5.91 Å². The molecule has 10 nitrogen and oxygen atoms in total. The highest BCUT2D eigenvalue weighted by molar-refractivity contribution is 7.91. The molecule has 0 aromatic carbocycles. The topological polar surface area (TPSA) is 126 Å². The first-order valence-corrected chi connectivity index (χ1v) is 13.2. The van der Waals surface area contributed by atoms with Gasteiger partial charge >= 0.3 is 12.0 Å². The van der Waals surface area contributed by atoms with E-state index in [9.17, 15) is 22.8 Å². The van der Waals surface area contributed by atoms with Crippen LogP contribution in [0.3, 0.4) is 0 Å². The number of hydrogen-bond donors (Lipinski definition) is 1. The van der Waals surface area contributed by atoms with Gasteiger partial charge in [0.15, 0.2) is 16.4 Å². The highest BCUT2D eigenvalue weighted by Gasteiger charge is 2.35. The molecule has 184 valence electrons. The summed E-state index contributed by atoms with van der Waals surface area (Å²) in [6, 6.07) is 2.94. The number of hydrogen-bond acceptors (Lipinski definition) is 7. The van der Waals surface area contributed by atoms with Crippen molar-refractivity contribution in [2.45, 2.75) is 45.7 Å². The van der Waals surface area contributed by atoms with Crippen LogP contribution in [0.2, 0.25) is 0 Å². The largest absolute Gasteiger partial charge is 0.467 e. The molecule has 2 aliphatic rings. The molecule has 2 saturated heterocycles. The number of nitrogens with one attached hydrogen (secondary N) is 1. The second kappa shape index (κ2) is 11.0. The van der Waals surface area contributed by atoms with Gasteiger partial charge in [-0.05, 0) is 37.3 Å². The van der Waals surface area contributed by atoms with Gasteiger partial charge in [-0.1, -0.05) is 13.8 Å². The first kappa shape index (κ1) is 25.1. The zero-order valence-electron chi connectivity index (χ0n) is 19.2. The Hall–Kier alpha value is -2.56. The van der Waals surface area contributed by atoms with E-state index in [2.05, 4.69) is 5.32 Å². The zero-order valence-corrected chi connectivity index (χ0v) is 20.0. The van der Waals surface area contributed by atoms with Crippen molar-refractivity contribution < 1.29 is 32.0 Å². The lowest BCUT2D eigenvalue weighted by molar-refractivity contribution is -0.157. The van der Waals surface area contributed by atoms with Crippen molar-refractivity contribution in [3.8, 4) is 0 Å². The van der Waals surface area contributed by atoms with Gasteiger partial charge in [0.05, 0.1) is 30.2 Å². The number of likely N-dealkylation sites (tertiary alicyclic amines) is 1. The minimum Gasteiger partial charge on any atom is -0.467 e. The van der Waals surface area contributed by atoms with E-state index < -0.39 is 22.4 Å². The summed E-state index contributed by atoms with van der Waals surface area (Å²) in [6.07, 6.45) is 2.87. The number of sulfone groups is 1. The third-order valence-electron chi connectivity index (χ3n) is 5.98. The number of urea groups is 1. The molecule has 2 aliphatic heterocycles. The van der Waals surface area contributed by atoms with Crippen LogP contribution in [0.1, 0.15) is 38.9 Å². The van der Waals surface area contributed by atoms with Crippen LogP contribution in [0, 0.1) is 11.8 Å². The number of furan rings is 1. The molecule has 11 heteroatoms. The fraction of sp³-hybridized carbons (Fsp3) is 0.682. The van der Waals surface area contributed by atoms with Crippen LogP contribution in [-0.4, -0.2) is 79.9 Å². The molecule has 3 heterocycles. The summed E-state index contributed by atoms with van der Waals surface area (Å²) in [5.74, 6) is -0.342. The molecule has 0 radical (unpaired) electrons. The molecule has 1 aromatic rings. The quantitative estimate of drug-likeness (QED) is 0.554. The van der Waals surface area contributed by atoms with Crippen molar-refractivity contribution in [2.24, 2.45) is 11.8 Å². The van der Waals surface area contributed by atoms with E-state index >= 15 is 0 Å². The molecule has 1 aromatic heterocycles. The SMILES string of the molecule is CC(C)CN(C(=O)COC(=O)C1CCN(C(=O)NCc2ccco2)CC1)[C@H]1CCS(=O)(=O)C1. The minimum absolute atomic E-state index is 0.0418. The fourth-order valence-electron chi connectivity index (χ4n) is 4.21. The number of carbonyl (C=O) groups excluding carboxylic acids is 3. The van der Waals surface area contributed by atoms with E-state index in [1.54, 1.807) is 28.2 Å². The summed E-state index contributed by atoms with van der Waals surface area (Å²) in [7, 11) is -3.13. The summed E-state index contributed by atoms with van der Waals surface area (Å²) in [4.78, 5) is 40.7. The summed E-state index contributed by atoms with van der Waals surface area (Å²) in [6.45, 7) is 5.05. The van der Waals surface area contributed by atoms with Crippen molar-refractivity contribution in [1.82, 2.24) is 15.1 Å². The summed E-state index contributed by atoms with van der Waals surface area (Å²) in [5, 5.41) is 2.78. The molecular formula is C22H33N3O7S. The highest BCUT2D eigenvalue weighted by Crippen LogP contribution is 2.21. The number of nitrogens with zero attached hydrogens (tertiary/aromatic N) is 2. The minimum atomic E-state index is -3.13. The van der Waals surface area contributed by atoms with Crippen LogP contribution in [0.4, 0.5) is 4.79 Å². The first-order chi connectivity index (χ1) is 15.6. The van der Waals surface area contributed by atoms with E-state index in [1.807, 2.05) is 13.8 Å². The predicted molar refractivity (Wildman–Crippen MR) is 120 cm³/mol. The molecule has 1 N–H and O–H groups in total. The maximum atomic E-state index is 12.8. The van der Waals surface area contributed by atoms with E-state index in [0.29, 0.717) is 51.2 Å². The zero-order chi connectivity index (χ0) is 24.0. The predicted octanol–water partition coefficient (Wildman–Crippen LogP) is 1.42. The molecule has 0 spiro atoms. The Morgan fingerprint density at radius 1 is 1.24 bits per heavy atom. The molecular weight excluding hydrogens is 450 g/mol. The third kappa shape index (κ3) is 7.21. The van der Waals surface area contributed by atoms with Crippen molar-refractivity contribution in [1.29, 1.82) is 0 Å². The Labute approximate surface area is 194 Å². The van der Waals surface area contributed by atoms with Gasteiger partial charge in [-0.15, -0.1) is 0 Å². The third-order valence-corrected chi connectivity index (χ3v) is 7.73. The molecule has 0 bridgehead atoms. The fourth-order valence-corrected chi connectivity index (χ4v) is 5.94. The average molecular weight is 484 g/mol. The maximum absolute atomic E-state index is 12.8. The molecule has 2 fully saturated rings. The number of esters is 1. The summed E-state index contributed by atoms with van der Waals surface area (Å²) < 4.78 is 34.2. The summed E-state index contributed by atoms with van der Waals surface area (Å²) in [5.41, 5.74) is 0. The number of rotatable bonds is 8. The van der Waals surface area contributed by atoms with E-state index in [4.69, 9.17) is 9.15 Å². The maximum Gasteiger partial charge on any atom is 0.317 e. The van der Waals surface area contributed by atoms with Gasteiger partial charge in [0, 0.05) is 25.7 Å².